The molecule has 1 aromatic carbocycles. The van der Waals surface area contributed by atoms with Crippen molar-refractivity contribution in [1.82, 2.24) is 15.1 Å². The lowest BCUT2D eigenvalue weighted by Crippen LogP contribution is -2.31. The molecule has 5 nitrogen and oxygen atoms in total. The van der Waals surface area contributed by atoms with Crippen LogP contribution < -0.4 is 10.9 Å². The largest absolute Gasteiger partial charge is 0.392 e. The van der Waals surface area contributed by atoms with Gasteiger partial charge in [0.1, 0.15) is 0 Å². The van der Waals surface area contributed by atoms with Crippen molar-refractivity contribution in [1.29, 1.82) is 0 Å². The SMILES string of the molecule is O=c1cc2c(nn1Cc1ccc(CO)cc1)CCNC2. The van der Waals surface area contributed by atoms with Gasteiger partial charge in [0.2, 0.25) is 0 Å². The zero-order chi connectivity index (χ0) is 13.9. The Morgan fingerprint density at radius 3 is 2.75 bits per heavy atom. The number of benzene rings is 1. The van der Waals surface area contributed by atoms with E-state index in [9.17, 15) is 4.79 Å². The molecule has 0 aliphatic carbocycles. The summed E-state index contributed by atoms with van der Waals surface area (Å²) in [6, 6.07) is 9.24. The number of nitrogens with zero attached hydrogens (tertiary/aromatic N) is 2. The minimum absolute atomic E-state index is 0.0321. The summed E-state index contributed by atoms with van der Waals surface area (Å²) in [5.41, 5.74) is 3.82. The lowest BCUT2D eigenvalue weighted by atomic mass is 10.1. The van der Waals surface area contributed by atoms with E-state index in [1.807, 2.05) is 24.3 Å². The van der Waals surface area contributed by atoms with Gasteiger partial charge in [-0.2, -0.15) is 5.10 Å². The van der Waals surface area contributed by atoms with Crippen molar-refractivity contribution in [3.05, 3.63) is 63.1 Å². The van der Waals surface area contributed by atoms with Gasteiger partial charge in [-0.15, -0.1) is 0 Å². The van der Waals surface area contributed by atoms with Crippen LogP contribution in [-0.4, -0.2) is 21.4 Å². The molecule has 5 heteroatoms. The van der Waals surface area contributed by atoms with E-state index in [1.54, 1.807) is 6.07 Å². The van der Waals surface area contributed by atoms with Crippen molar-refractivity contribution < 1.29 is 5.11 Å². The van der Waals surface area contributed by atoms with Crippen LogP contribution in [0, 0.1) is 0 Å². The first-order valence-electron chi connectivity index (χ1n) is 6.75. The Kier molecular flexibility index (Phi) is 3.62. The average molecular weight is 271 g/mol. The van der Waals surface area contributed by atoms with Crippen molar-refractivity contribution >= 4 is 0 Å². The zero-order valence-electron chi connectivity index (χ0n) is 11.2. The van der Waals surface area contributed by atoms with E-state index in [-0.39, 0.29) is 12.2 Å². The molecular weight excluding hydrogens is 254 g/mol. The van der Waals surface area contributed by atoms with Crippen LogP contribution in [0.3, 0.4) is 0 Å². The Bertz CT molecular complexity index is 662. The molecule has 0 bridgehead atoms. The number of aliphatic hydroxyl groups excluding tert-OH is 1. The number of aromatic nitrogens is 2. The van der Waals surface area contributed by atoms with Gasteiger partial charge in [0.05, 0.1) is 18.8 Å². The van der Waals surface area contributed by atoms with E-state index in [4.69, 9.17) is 5.11 Å². The Morgan fingerprint density at radius 1 is 1.25 bits per heavy atom. The van der Waals surface area contributed by atoms with E-state index in [2.05, 4.69) is 10.4 Å². The molecule has 0 atom stereocenters. The summed E-state index contributed by atoms with van der Waals surface area (Å²) in [4.78, 5) is 12.1. The molecule has 104 valence electrons. The van der Waals surface area contributed by atoms with Crippen LogP contribution in [0.5, 0.6) is 0 Å². The first-order chi connectivity index (χ1) is 9.76. The molecule has 0 amide bonds. The maximum atomic E-state index is 12.1. The highest BCUT2D eigenvalue weighted by Crippen LogP contribution is 2.09. The minimum atomic E-state index is -0.0707. The van der Waals surface area contributed by atoms with Crippen molar-refractivity contribution in [2.45, 2.75) is 26.1 Å². The van der Waals surface area contributed by atoms with Gasteiger partial charge in [-0.1, -0.05) is 24.3 Å². The summed E-state index contributed by atoms with van der Waals surface area (Å²) >= 11 is 0. The molecule has 0 unspecified atom stereocenters. The Balaban J connectivity index is 1.88. The molecule has 1 aliphatic rings. The Labute approximate surface area is 116 Å². The first-order valence-corrected chi connectivity index (χ1v) is 6.75. The Hall–Kier alpha value is -1.98. The fourth-order valence-corrected chi connectivity index (χ4v) is 2.40. The van der Waals surface area contributed by atoms with Crippen molar-refractivity contribution in [2.75, 3.05) is 6.54 Å². The normalized spacial score (nSPS) is 14.1. The fraction of sp³-hybridized carbons (Fsp3) is 0.333. The smallest absolute Gasteiger partial charge is 0.267 e. The second-order valence-corrected chi connectivity index (χ2v) is 5.01. The van der Waals surface area contributed by atoms with Crippen LogP contribution >= 0.6 is 0 Å². The highest BCUT2D eigenvalue weighted by molar-refractivity contribution is 5.23. The molecule has 3 rings (SSSR count). The summed E-state index contributed by atoms with van der Waals surface area (Å²) in [6.45, 7) is 2.13. The van der Waals surface area contributed by atoms with Gasteiger partial charge in [0.15, 0.2) is 0 Å². The summed E-state index contributed by atoms with van der Waals surface area (Å²) in [5.74, 6) is 0. The molecule has 0 radical (unpaired) electrons. The second kappa shape index (κ2) is 5.56. The number of aliphatic hydroxyl groups is 1. The quantitative estimate of drug-likeness (QED) is 0.849. The molecule has 1 aliphatic heterocycles. The van der Waals surface area contributed by atoms with Crippen molar-refractivity contribution in [2.24, 2.45) is 0 Å². The van der Waals surface area contributed by atoms with Gasteiger partial charge >= 0.3 is 0 Å². The molecule has 20 heavy (non-hydrogen) atoms. The highest BCUT2D eigenvalue weighted by Gasteiger charge is 2.12. The van der Waals surface area contributed by atoms with Crippen LogP contribution in [0.1, 0.15) is 22.4 Å². The zero-order valence-corrected chi connectivity index (χ0v) is 11.2. The van der Waals surface area contributed by atoms with Gasteiger partial charge < -0.3 is 10.4 Å². The monoisotopic (exact) mass is 271 g/mol. The third kappa shape index (κ3) is 2.64. The van der Waals surface area contributed by atoms with Crippen molar-refractivity contribution in [3.8, 4) is 0 Å². The second-order valence-electron chi connectivity index (χ2n) is 5.01. The van der Waals surface area contributed by atoms with Gasteiger partial charge in [-0.05, 0) is 16.7 Å². The van der Waals surface area contributed by atoms with Crippen molar-refractivity contribution in [3.63, 3.8) is 0 Å². The third-order valence-electron chi connectivity index (χ3n) is 3.56. The maximum absolute atomic E-state index is 12.1. The molecular formula is C15H17N3O2. The number of hydrogen-bond donors (Lipinski definition) is 2. The molecule has 2 heterocycles. The van der Waals surface area contributed by atoms with Crippen LogP contribution in [0.25, 0.3) is 0 Å². The van der Waals surface area contributed by atoms with E-state index >= 15 is 0 Å². The summed E-state index contributed by atoms with van der Waals surface area (Å²) < 4.78 is 1.51. The predicted octanol–water partition coefficient (Wildman–Crippen LogP) is 0.430. The van der Waals surface area contributed by atoms with E-state index in [1.165, 1.54) is 4.68 Å². The third-order valence-corrected chi connectivity index (χ3v) is 3.56. The summed E-state index contributed by atoms with van der Waals surface area (Å²) in [7, 11) is 0. The van der Waals surface area contributed by atoms with Crippen LogP contribution in [-0.2, 0) is 26.1 Å². The average Bonchev–Trinajstić information content (AvgIpc) is 2.49. The van der Waals surface area contributed by atoms with Gasteiger partial charge in [0, 0.05) is 25.6 Å². The molecule has 2 aromatic rings. The lowest BCUT2D eigenvalue weighted by molar-refractivity contribution is 0.282. The molecule has 1 aromatic heterocycles. The first kappa shape index (κ1) is 13.0. The predicted molar refractivity (Wildman–Crippen MR) is 75.4 cm³/mol. The van der Waals surface area contributed by atoms with E-state index < -0.39 is 0 Å². The number of fused-ring (bicyclic) bond motifs is 1. The van der Waals surface area contributed by atoms with Gasteiger partial charge in [-0.3, -0.25) is 4.79 Å². The number of nitrogens with one attached hydrogen (secondary N) is 1. The minimum Gasteiger partial charge on any atom is -0.392 e. The summed E-state index contributed by atoms with van der Waals surface area (Å²) in [5, 5.41) is 16.7. The maximum Gasteiger partial charge on any atom is 0.267 e. The number of hydrogen-bond acceptors (Lipinski definition) is 4. The Morgan fingerprint density at radius 2 is 2.00 bits per heavy atom. The van der Waals surface area contributed by atoms with Gasteiger partial charge in [-0.25, -0.2) is 4.68 Å². The van der Waals surface area contributed by atoms with Crippen LogP contribution in [0.15, 0.2) is 35.1 Å². The molecule has 2 N–H and O–H groups in total. The highest BCUT2D eigenvalue weighted by atomic mass is 16.3. The fourth-order valence-electron chi connectivity index (χ4n) is 2.40. The topological polar surface area (TPSA) is 67.2 Å². The molecule has 0 spiro atoms. The van der Waals surface area contributed by atoms with Crippen LogP contribution in [0.2, 0.25) is 0 Å². The van der Waals surface area contributed by atoms with E-state index in [0.29, 0.717) is 6.54 Å². The molecule has 0 saturated carbocycles. The molecule has 0 fully saturated rings. The summed E-state index contributed by atoms with van der Waals surface area (Å²) in [6.07, 6.45) is 0.860. The van der Waals surface area contributed by atoms with Gasteiger partial charge in [0.25, 0.3) is 5.56 Å². The standard InChI is InChI=1S/C15H17N3O2/c19-10-12-3-1-11(2-4-12)9-18-15(20)7-13-8-16-6-5-14(13)17-18/h1-4,7,16,19H,5-6,8-10H2. The van der Waals surface area contributed by atoms with E-state index in [0.717, 1.165) is 41.9 Å². The number of rotatable bonds is 3. The van der Waals surface area contributed by atoms with Crippen LogP contribution in [0.4, 0.5) is 0 Å². The lowest BCUT2D eigenvalue weighted by Gasteiger charge is -2.17. The molecule has 0 saturated heterocycles.